The molecular formula is C19H26N4O2. The van der Waals surface area contributed by atoms with Gasteiger partial charge >= 0.3 is 0 Å². The number of hydrogen-bond acceptors (Lipinski definition) is 3. The third kappa shape index (κ3) is 4.47. The number of nitrogens with zero attached hydrogens (tertiary/aromatic N) is 2. The van der Waals surface area contributed by atoms with Gasteiger partial charge in [-0.1, -0.05) is 17.7 Å². The Balaban J connectivity index is 1.93. The number of rotatable bonds is 5. The molecule has 0 aliphatic heterocycles. The maximum Gasteiger partial charge on any atom is 0.243 e. The molecule has 6 heteroatoms. The molecule has 2 aromatic rings. The van der Waals surface area contributed by atoms with Crippen molar-refractivity contribution in [1.82, 2.24) is 15.1 Å². The van der Waals surface area contributed by atoms with E-state index in [9.17, 15) is 9.59 Å². The Morgan fingerprint density at radius 1 is 1.04 bits per heavy atom. The van der Waals surface area contributed by atoms with Crippen LogP contribution in [0.3, 0.4) is 0 Å². The molecule has 1 heterocycles. The van der Waals surface area contributed by atoms with E-state index in [0.717, 1.165) is 39.3 Å². The summed E-state index contributed by atoms with van der Waals surface area (Å²) in [6.07, 6.45) is 0.224. The average Bonchev–Trinajstić information content (AvgIpc) is 2.75. The predicted octanol–water partition coefficient (Wildman–Crippen LogP) is 2.26. The zero-order valence-corrected chi connectivity index (χ0v) is 15.8. The van der Waals surface area contributed by atoms with Crippen LogP contribution < -0.4 is 10.6 Å². The Hall–Kier alpha value is -2.63. The van der Waals surface area contributed by atoms with Crippen LogP contribution in [0.15, 0.2) is 12.1 Å². The van der Waals surface area contributed by atoms with Crippen molar-refractivity contribution in [3.63, 3.8) is 0 Å². The minimum Gasteiger partial charge on any atom is -0.347 e. The second-order valence-electron chi connectivity index (χ2n) is 6.55. The van der Waals surface area contributed by atoms with E-state index in [4.69, 9.17) is 0 Å². The van der Waals surface area contributed by atoms with E-state index in [1.165, 1.54) is 0 Å². The molecule has 0 radical (unpaired) electrons. The molecule has 25 heavy (non-hydrogen) atoms. The van der Waals surface area contributed by atoms with Gasteiger partial charge in [-0.05, 0) is 45.7 Å². The van der Waals surface area contributed by atoms with Crippen molar-refractivity contribution in [3.8, 4) is 0 Å². The number of carbonyl (C=O) groups is 2. The fourth-order valence-corrected chi connectivity index (χ4v) is 3.04. The average molecular weight is 342 g/mol. The molecule has 0 spiro atoms. The van der Waals surface area contributed by atoms with E-state index in [1.54, 1.807) is 4.68 Å². The lowest BCUT2D eigenvalue weighted by Gasteiger charge is -2.13. The molecule has 6 nitrogen and oxygen atoms in total. The molecule has 134 valence electrons. The zero-order chi connectivity index (χ0) is 18.7. The van der Waals surface area contributed by atoms with Crippen LogP contribution in [0, 0.1) is 34.6 Å². The quantitative estimate of drug-likeness (QED) is 0.875. The Morgan fingerprint density at radius 2 is 1.64 bits per heavy atom. The number of anilines is 1. The normalized spacial score (nSPS) is 10.6. The third-order valence-electron chi connectivity index (χ3n) is 4.38. The number of aryl methyl sites for hydroxylation is 5. The highest BCUT2D eigenvalue weighted by Gasteiger charge is 2.14. The monoisotopic (exact) mass is 342 g/mol. The smallest absolute Gasteiger partial charge is 0.243 e. The SMILES string of the molecule is Cc1cc(C)c(NC(=O)CNC(=O)Cc2c(C)nn(C)c2C)c(C)c1. The van der Waals surface area contributed by atoms with Crippen LogP contribution in [-0.2, 0) is 23.1 Å². The van der Waals surface area contributed by atoms with Crippen LogP contribution in [0.25, 0.3) is 0 Å². The summed E-state index contributed by atoms with van der Waals surface area (Å²) in [6.45, 7) is 9.70. The van der Waals surface area contributed by atoms with Gasteiger partial charge in [-0.2, -0.15) is 5.10 Å². The first-order valence-corrected chi connectivity index (χ1v) is 8.32. The summed E-state index contributed by atoms with van der Waals surface area (Å²) in [5.74, 6) is -0.422. The molecule has 0 atom stereocenters. The highest BCUT2D eigenvalue weighted by atomic mass is 16.2. The number of aromatic nitrogens is 2. The fraction of sp³-hybridized carbons (Fsp3) is 0.421. The van der Waals surface area contributed by atoms with Crippen LogP contribution in [-0.4, -0.2) is 28.1 Å². The maximum atomic E-state index is 12.2. The molecule has 0 saturated heterocycles. The highest BCUT2D eigenvalue weighted by molar-refractivity contribution is 5.96. The third-order valence-corrected chi connectivity index (χ3v) is 4.38. The van der Waals surface area contributed by atoms with Crippen LogP contribution in [0.4, 0.5) is 5.69 Å². The van der Waals surface area contributed by atoms with Crippen LogP contribution >= 0.6 is 0 Å². The second-order valence-corrected chi connectivity index (χ2v) is 6.55. The number of benzene rings is 1. The van der Waals surface area contributed by atoms with E-state index in [-0.39, 0.29) is 24.8 Å². The minimum atomic E-state index is -0.233. The zero-order valence-electron chi connectivity index (χ0n) is 15.8. The summed E-state index contributed by atoms with van der Waals surface area (Å²) in [5, 5.41) is 9.86. The van der Waals surface area contributed by atoms with Crippen molar-refractivity contribution >= 4 is 17.5 Å². The molecule has 2 rings (SSSR count). The minimum absolute atomic E-state index is 0.0516. The van der Waals surface area contributed by atoms with Gasteiger partial charge < -0.3 is 10.6 Å². The topological polar surface area (TPSA) is 76.0 Å². The molecule has 0 aliphatic rings. The van der Waals surface area contributed by atoms with Gasteiger partial charge in [0.2, 0.25) is 11.8 Å². The largest absolute Gasteiger partial charge is 0.347 e. The summed E-state index contributed by atoms with van der Waals surface area (Å²) < 4.78 is 1.76. The van der Waals surface area contributed by atoms with Gasteiger partial charge in [-0.25, -0.2) is 0 Å². The van der Waals surface area contributed by atoms with Crippen LogP contribution in [0.1, 0.15) is 33.6 Å². The Labute approximate surface area is 148 Å². The number of amides is 2. The molecule has 1 aromatic heterocycles. The van der Waals surface area contributed by atoms with Gasteiger partial charge in [0.1, 0.15) is 0 Å². The molecule has 0 unspecified atom stereocenters. The first-order chi connectivity index (χ1) is 11.7. The van der Waals surface area contributed by atoms with Gasteiger partial charge in [0.25, 0.3) is 0 Å². The van der Waals surface area contributed by atoms with E-state index >= 15 is 0 Å². The predicted molar refractivity (Wildman–Crippen MR) is 98.7 cm³/mol. The van der Waals surface area contributed by atoms with E-state index in [2.05, 4.69) is 15.7 Å². The standard InChI is InChI=1S/C19H26N4O2/c1-11-7-12(2)19(13(3)8-11)21-18(25)10-20-17(24)9-16-14(4)22-23(6)15(16)5/h7-8H,9-10H2,1-6H3,(H,20,24)(H,21,25). The first-order valence-electron chi connectivity index (χ1n) is 8.32. The van der Waals surface area contributed by atoms with Crippen molar-refractivity contribution < 1.29 is 9.59 Å². The van der Waals surface area contributed by atoms with Gasteiger partial charge in [-0.3, -0.25) is 14.3 Å². The summed E-state index contributed by atoms with van der Waals surface area (Å²) in [6, 6.07) is 4.05. The maximum absolute atomic E-state index is 12.2. The Kier molecular flexibility index (Phi) is 5.62. The molecule has 0 saturated carbocycles. The Bertz CT molecular complexity index is 798. The van der Waals surface area contributed by atoms with Gasteiger partial charge in [0, 0.05) is 24.0 Å². The molecule has 0 fully saturated rings. The van der Waals surface area contributed by atoms with Gasteiger partial charge in [0.05, 0.1) is 18.7 Å². The number of hydrogen-bond donors (Lipinski definition) is 2. The van der Waals surface area contributed by atoms with Crippen molar-refractivity contribution in [1.29, 1.82) is 0 Å². The Morgan fingerprint density at radius 3 is 2.16 bits per heavy atom. The molecule has 0 bridgehead atoms. The lowest BCUT2D eigenvalue weighted by atomic mass is 10.1. The second kappa shape index (κ2) is 7.51. The molecule has 2 N–H and O–H groups in total. The van der Waals surface area contributed by atoms with Crippen molar-refractivity contribution in [3.05, 3.63) is 45.8 Å². The van der Waals surface area contributed by atoms with Gasteiger partial charge in [0.15, 0.2) is 0 Å². The van der Waals surface area contributed by atoms with Gasteiger partial charge in [-0.15, -0.1) is 0 Å². The number of carbonyl (C=O) groups excluding carboxylic acids is 2. The number of nitrogens with one attached hydrogen (secondary N) is 2. The van der Waals surface area contributed by atoms with Crippen LogP contribution in [0.2, 0.25) is 0 Å². The summed E-state index contributed by atoms with van der Waals surface area (Å²) in [5.41, 5.74) is 6.70. The van der Waals surface area contributed by atoms with E-state index in [0.29, 0.717) is 0 Å². The first kappa shape index (κ1) is 18.7. The summed E-state index contributed by atoms with van der Waals surface area (Å²) >= 11 is 0. The molecule has 0 aliphatic carbocycles. The lowest BCUT2D eigenvalue weighted by molar-refractivity contribution is -0.123. The molecule has 2 amide bonds. The fourth-order valence-electron chi connectivity index (χ4n) is 3.04. The van der Waals surface area contributed by atoms with E-state index < -0.39 is 0 Å². The van der Waals surface area contributed by atoms with Crippen LogP contribution in [0.5, 0.6) is 0 Å². The van der Waals surface area contributed by atoms with Crippen molar-refractivity contribution in [2.24, 2.45) is 7.05 Å². The van der Waals surface area contributed by atoms with Crippen molar-refractivity contribution in [2.45, 2.75) is 41.0 Å². The molecule has 1 aromatic carbocycles. The lowest BCUT2D eigenvalue weighted by Crippen LogP contribution is -2.34. The van der Waals surface area contributed by atoms with Crippen molar-refractivity contribution in [2.75, 3.05) is 11.9 Å². The summed E-state index contributed by atoms with van der Waals surface area (Å²) in [7, 11) is 1.85. The molecular weight excluding hydrogens is 316 g/mol. The summed E-state index contributed by atoms with van der Waals surface area (Å²) in [4.78, 5) is 24.3. The highest BCUT2D eigenvalue weighted by Crippen LogP contribution is 2.21. The van der Waals surface area contributed by atoms with E-state index in [1.807, 2.05) is 53.8 Å².